The molecule has 6 nitrogen and oxygen atoms in total. The zero-order valence-electron chi connectivity index (χ0n) is 17.1. The second-order valence-electron chi connectivity index (χ2n) is 7.67. The molecule has 1 aliphatic rings. The van der Waals surface area contributed by atoms with Crippen LogP contribution in [0.15, 0.2) is 52.4 Å². The van der Waals surface area contributed by atoms with Gasteiger partial charge >= 0.3 is 0 Å². The van der Waals surface area contributed by atoms with Crippen molar-refractivity contribution in [1.29, 1.82) is 0 Å². The van der Waals surface area contributed by atoms with Crippen LogP contribution in [0.1, 0.15) is 41.0 Å². The van der Waals surface area contributed by atoms with Crippen LogP contribution in [0.4, 0.5) is 0 Å². The summed E-state index contributed by atoms with van der Waals surface area (Å²) in [5.74, 6) is 2.59. The van der Waals surface area contributed by atoms with Crippen molar-refractivity contribution in [3.05, 3.63) is 70.9 Å². The number of hydrogen-bond acceptors (Lipinski definition) is 6. The number of benzene rings is 1. The maximum absolute atomic E-state index is 5.58. The molecule has 0 atom stereocenters. The Labute approximate surface area is 179 Å². The van der Waals surface area contributed by atoms with Gasteiger partial charge in [0.15, 0.2) is 11.0 Å². The summed E-state index contributed by atoms with van der Waals surface area (Å²) >= 11 is 1.65. The molecule has 1 aliphatic carbocycles. The number of aryl methyl sites for hydroxylation is 3. The van der Waals surface area contributed by atoms with E-state index in [0.717, 1.165) is 52.3 Å². The summed E-state index contributed by atoms with van der Waals surface area (Å²) < 4.78 is 7.70. The largest absolute Gasteiger partial charge is 0.361 e. The Bertz CT molecular complexity index is 1180. The molecule has 0 unspecified atom stereocenters. The SMILES string of the molecule is Cc1ccc(-n2c(SCc3noc4c3CCCC4)nnc2-c2ccncc2)cc1C. The van der Waals surface area contributed by atoms with Crippen LogP contribution in [0.5, 0.6) is 0 Å². The molecular formula is C23H23N5OS. The first-order chi connectivity index (χ1) is 14.7. The topological polar surface area (TPSA) is 69.6 Å². The van der Waals surface area contributed by atoms with Gasteiger partial charge in [-0.15, -0.1) is 10.2 Å². The summed E-state index contributed by atoms with van der Waals surface area (Å²) in [6.07, 6.45) is 8.01. The average Bonchev–Trinajstić information content (AvgIpc) is 3.39. The van der Waals surface area contributed by atoms with Gasteiger partial charge in [-0.25, -0.2) is 0 Å². The van der Waals surface area contributed by atoms with E-state index < -0.39 is 0 Å². The standard InChI is InChI=1S/C23H23N5OS/c1-15-7-8-18(13-16(15)2)28-22(17-9-11-24-12-10-17)25-26-23(28)30-14-20-19-5-3-4-6-21(19)29-27-20/h7-13H,3-6,14H2,1-2H3. The van der Waals surface area contributed by atoms with E-state index >= 15 is 0 Å². The molecule has 1 aromatic carbocycles. The molecule has 0 saturated heterocycles. The fourth-order valence-electron chi connectivity index (χ4n) is 3.84. The molecule has 0 radical (unpaired) electrons. The minimum Gasteiger partial charge on any atom is -0.361 e. The van der Waals surface area contributed by atoms with Crippen LogP contribution in [-0.4, -0.2) is 24.9 Å². The van der Waals surface area contributed by atoms with Crippen LogP contribution in [0, 0.1) is 13.8 Å². The number of hydrogen-bond donors (Lipinski definition) is 0. The third-order valence-corrected chi connectivity index (χ3v) is 6.63. The lowest BCUT2D eigenvalue weighted by atomic mass is 9.97. The van der Waals surface area contributed by atoms with E-state index in [-0.39, 0.29) is 0 Å². The molecule has 30 heavy (non-hydrogen) atoms. The van der Waals surface area contributed by atoms with E-state index in [1.165, 1.54) is 29.5 Å². The Morgan fingerprint density at radius 1 is 1.00 bits per heavy atom. The van der Waals surface area contributed by atoms with Gasteiger partial charge in [-0.3, -0.25) is 9.55 Å². The van der Waals surface area contributed by atoms with Gasteiger partial charge in [0.1, 0.15) is 5.76 Å². The first-order valence-electron chi connectivity index (χ1n) is 10.2. The Morgan fingerprint density at radius 3 is 2.67 bits per heavy atom. The quantitative estimate of drug-likeness (QED) is 0.421. The number of aromatic nitrogens is 5. The van der Waals surface area contributed by atoms with Crippen LogP contribution in [0.25, 0.3) is 17.1 Å². The van der Waals surface area contributed by atoms with Gasteiger partial charge in [0.25, 0.3) is 0 Å². The molecule has 0 saturated carbocycles. The molecule has 0 N–H and O–H groups in total. The van der Waals surface area contributed by atoms with Crippen LogP contribution in [0.3, 0.4) is 0 Å². The fraction of sp³-hybridized carbons (Fsp3) is 0.304. The lowest BCUT2D eigenvalue weighted by molar-refractivity contribution is 0.369. The van der Waals surface area contributed by atoms with Gasteiger partial charge in [0, 0.05) is 35.7 Å². The summed E-state index contributed by atoms with van der Waals surface area (Å²) in [6, 6.07) is 10.4. The smallest absolute Gasteiger partial charge is 0.196 e. The molecule has 0 fully saturated rings. The van der Waals surface area contributed by atoms with Crippen molar-refractivity contribution >= 4 is 11.8 Å². The number of nitrogens with zero attached hydrogens (tertiary/aromatic N) is 5. The number of pyridine rings is 1. The first-order valence-corrected chi connectivity index (χ1v) is 11.2. The highest BCUT2D eigenvalue weighted by Gasteiger charge is 2.21. The van der Waals surface area contributed by atoms with Crippen molar-refractivity contribution in [1.82, 2.24) is 24.9 Å². The molecule has 5 rings (SSSR count). The molecule has 0 bridgehead atoms. The van der Waals surface area contributed by atoms with Gasteiger partial charge in [0.05, 0.1) is 11.4 Å². The van der Waals surface area contributed by atoms with E-state index in [4.69, 9.17) is 4.52 Å². The summed E-state index contributed by atoms with van der Waals surface area (Å²) in [6.45, 7) is 4.25. The predicted molar refractivity (Wildman–Crippen MR) is 117 cm³/mol. The second-order valence-corrected chi connectivity index (χ2v) is 8.62. The maximum Gasteiger partial charge on any atom is 0.196 e. The average molecular weight is 418 g/mol. The normalized spacial score (nSPS) is 13.4. The van der Waals surface area contributed by atoms with Gasteiger partial charge in [-0.2, -0.15) is 0 Å². The van der Waals surface area contributed by atoms with Crippen LogP contribution in [0.2, 0.25) is 0 Å². The van der Waals surface area contributed by atoms with Crippen molar-refractivity contribution in [2.45, 2.75) is 50.4 Å². The molecule has 3 aromatic heterocycles. The minimum atomic E-state index is 0.720. The molecule has 4 aromatic rings. The van der Waals surface area contributed by atoms with Gasteiger partial charge < -0.3 is 4.52 Å². The first kappa shape index (κ1) is 19.1. The Morgan fingerprint density at radius 2 is 1.83 bits per heavy atom. The summed E-state index contributed by atoms with van der Waals surface area (Å²) in [5, 5.41) is 14.2. The summed E-state index contributed by atoms with van der Waals surface area (Å²) in [4.78, 5) is 4.14. The molecule has 0 aliphatic heterocycles. The molecule has 0 spiro atoms. The minimum absolute atomic E-state index is 0.720. The third-order valence-electron chi connectivity index (χ3n) is 5.69. The molecule has 152 valence electrons. The van der Waals surface area contributed by atoms with Crippen LogP contribution >= 0.6 is 11.8 Å². The number of fused-ring (bicyclic) bond motifs is 1. The highest BCUT2D eigenvalue weighted by molar-refractivity contribution is 7.98. The van der Waals surface area contributed by atoms with E-state index in [1.807, 2.05) is 12.1 Å². The van der Waals surface area contributed by atoms with Crippen molar-refractivity contribution in [3.8, 4) is 17.1 Å². The highest BCUT2D eigenvalue weighted by Crippen LogP contribution is 2.32. The zero-order chi connectivity index (χ0) is 20.5. The molecular weight excluding hydrogens is 394 g/mol. The number of rotatable bonds is 5. The molecule has 7 heteroatoms. The van der Waals surface area contributed by atoms with E-state index in [1.54, 1.807) is 24.2 Å². The van der Waals surface area contributed by atoms with E-state index in [9.17, 15) is 0 Å². The predicted octanol–water partition coefficient (Wildman–Crippen LogP) is 5.11. The van der Waals surface area contributed by atoms with E-state index in [2.05, 4.69) is 57.0 Å². The summed E-state index contributed by atoms with van der Waals surface area (Å²) in [7, 11) is 0. The number of thioether (sulfide) groups is 1. The fourth-order valence-corrected chi connectivity index (χ4v) is 4.76. The zero-order valence-corrected chi connectivity index (χ0v) is 17.9. The maximum atomic E-state index is 5.58. The van der Waals surface area contributed by atoms with Crippen LogP contribution < -0.4 is 0 Å². The van der Waals surface area contributed by atoms with Crippen molar-refractivity contribution in [3.63, 3.8) is 0 Å². The van der Waals surface area contributed by atoms with Crippen molar-refractivity contribution < 1.29 is 4.52 Å². The van der Waals surface area contributed by atoms with Crippen molar-refractivity contribution in [2.24, 2.45) is 0 Å². The van der Waals surface area contributed by atoms with Crippen molar-refractivity contribution in [2.75, 3.05) is 0 Å². The lowest BCUT2D eigenvalue weighted by Gasteiger charge is -2.12. The Hall–Kier alpha value is -2.93. The third kappa shape index (κ3) is 3.54. The second kappa shape index (κ2) is 8.07. The van der Waals surface area contributed by atoms with Crippen LogP contribution in [-0.2, 0) is 18.6 Å². The van der Waals surface area contributed by atoms with Gasteiger partial charge in [0.2, 0.25) is 0 Å². The lowest BCUT2D eigenvalue weighted by Crippen LogP contribution is -2.03. The van der Waals surface area contributed by atoms with E-state index in [0.29, 0.717) is 0 Å². The molecule has 0 amide bonds. The monoisotopic (exact) mass is 417 g/mol. The molecule has 3 heterocycles. The Balaban J connectivity index is 1.52. The summed E-state index contributed by atoms with van der Waals surface area (Å²) in [5.41, 5.74) is 6.88. The van der Waals surface area contributed by atoms with Gasteiger partial charge in [-0.05, 0) is 68.5 Å². The van der Waals surface area contributed by atoms with Gasteiger partial charge in [-0.1, -0.05) is 23.0 Å². The highest BCUT2D eigenvalue weighted by atomic mass is 32.2. The Kier molecular flexibility index (Phi) is 5.12.